The van der Waals surface area contributed by atoms with E-state index in [1.165, 1.54) is 0 Å². The summed E-state index contributed by atoms with van der Waals surface area (Å²) < 4.78 is 0. The van der Waals surface area contributed by atoms with Crippen LogP contribution in [0.15, 0.2) is 18.2 Å². The summed E-state index contributed by atoms with van der Waals surface area (Å²) in [7, 11) is 0. The van der Waals surface area contributed by atoms with Gasteiger partial charge in [-0.1, -0.05) is 32.9 Å². The number of hydrogen-bond donors (Lipinski definition) is 0. The Balaban J connectivity index is 4.02. The summed E-state index contributed by atoms with van der Waals surface area (Å²) in [5.41, 5.74) is 8.12. The Bertz CT molecular complexity index is 196. The standard InChI is InChI=1S/C8H12N2/c1-8(2,3)6-4-5-7-10-9/h4-6H,1-3H3. The molecule has 0 rings (SSSR count). The minimum absolute atomic E-state index is 0.174. The average molecular weight is 136 g/mol. The van der Waals surface area contributed by atoms with Crippen molar-refractivity contribution in [3.05, 3.63) is 23.8 Å². The van der Waals surface area contributed by atoms with E-state index < -0.39 is 0 Å². The van der Waals surface area contributed by atoms with Crippen molar-refractivity contribution in [1.29, 1.82) is 0 Å². The molecule has 0 saturated heterocycles. The highest BCUT2D eigenvalue weighted by atomic mass is 14.8. The predicted molar refractivity (Wildman–Crippen MR) is 41.8 cm³/mol. The molecular formula is C8H12N2. The molecule has 2 heteroatoms. The second kappa shape index (κ2) is 3.84. The predicted octanol–water partition coefficient (Wildman–Crippen LogP) is 2.04. The van der Waals surface area contributed by atoms with Crippen LogP contribution in [0.3, 0.4) is 0 Å². The zero-order valence-corrected chi connectivity index (χ0v) is 6.63. The molecule has 0 aliphatic rings. The maximum atomic E-state index is 7.94. The van der Waals surface area contributed by atoms with E-state index >= 15 is 0 Å². The molecule has 0 N–H and O–H groups in total. The highest BCUT2D eigenvalue weighted by Crippen LogP contribution is 2.13. The zero-order valence-electron chi connectivity index (χ0n) is 6.63. The van der Waals surface area contributed by atoms with Crippen molar-refractivity contribution < 1.29 is 4.79 Å². The van der Waals surface area contributed by atoms with Crippen LogP contribution in [-0.2, 0) is 0 Å². The van der Waals surface area contributed by atoms with Gasteiger partial charge in [0.25, 0.3) is 5.87 Å². The topological polar surface area (TPSA) is 36.4 Å². The van der Waals surface area contributed by atoms with E-state index in [4.69, 9.17) is 5.53 Å². The van der Waals surface area contributed by atoms with E-state index in [2.05, 4.69) is 31.4 Å². The molecule has 0 atom stereocenters. The molecule has 0 saturated carbocycles. The third kappa shape index (κ3) is 6.90. The quantitative estimate of drug-likeness (QED) is 0.229. The van der Waals surface area contributed by atoms with Crippen LogP contribution in [0, 0.1) is 5.41 Å². The third-order valence-electron chi connectivity index (χ3n) is 0.825. The Morgan fingerprint density at radius 1 is 1.40 bits per heavy atom. The molecule has 0 bridgehead atoms. The average Bonchev–Trinajstić information content (AvgIpc) is 1.78. The van der Waals surface area contributed by atoms with Gasteiger partial charge in [0.15, 0.2) is 0 Å². The first-order valence-corrected chi connectivity index (χ1v) is 3.17. The van der Waals surface area contributed by atoms with Gasteiger partial charge < -0.3 is 5.53 Å². The Hall–Kier alpha value is -1.10. The molecule has 0 amide bonds. The van der Waals surface area contributed by atoms with E-state index in [0.29, 0.717) is 0 Å². The highest BCUT2D eigenvalue weighted by Gasteiger charge is 2.01. The highest BCUT2D eigenvalue weighted by molar-refractivity contribution is 5.48. The minimum atomic E-state index is 0.174. The molecule has 54 valence electrons. The summed E-state index contributed by atoms with van der Waals surface area (Å²) in [6.45, 7) is 6.27. The lowest BCUT2D eigenvalue weighted by Gasteiger charge is -2.09. The van der Waals surface area contributed by atoms with Crippen LogP contribution >= 0.6 is 0 Å². The van der Waals surface area contributed by atoms with Crippen LogP contribution in [0.25, 0.3) is 5.53 Å². The van der Waals surface area contributed by atoms with Crippen LogP contribution in [0.5, 0.6) is 0 Å². The molecule has 0 aromatic heterocycles. The molecule has 0 aromatic rings. The number of rotatable bonds is 1. The van der Waals surface area contributed by atoms with Crippen molar-refractivity contribution in [2.45, 2.75) is 20.8 Å². The van der Waals surface area contributed by atoms with Crippen LogP contribution in [0.2, 0.25) is 0 Å². The lowest BCUT2D eigenvalue weighted by molar-refractivity contribution is 0.00805. The Kier molecular flexibility index (Phi) is 3.42. The molecule has 0 unspecified atom stereocenters. The van der Waals surface area contributed by atoms with Crippen molar-refractivity contribution in [2.24, 2.45) is 5.41 Å². The van der Waals surface area contributed by atoms with Gasteiger partial charge in [-0.15, -0.1) is 4.79 Å². The van der Waals surface area contributed by atoms with Gasteiger partial charge in [0.05, 0.1) is 6.08 Å². The Morgan fingerprint density at radius 2 is 2.00 bits per heavy atom. The summed E-state index contributed by atoms with van der Waals surface area (Å²) in [6, 6.07) is 0. The van der Waals surface area contributed by atoms with Crippen molar-refractivity contribution in [3.63, 3.8) is 0 Å². The van der Waals surface area contributed by atoms with E-state index in [-0.39, 0.29) is 5.41 Å². The Labute approximate surface area is 61.5 Å². The molecule has 0 spiro atoms. The maximum absolute atomic E-state index is 7.94. The smallest absolute Gasteiger partial charge is 0.299 e. The molecule has 0 aliphatic carbocycles. The number of nitrogens with zero attached hydrogens (tertiary/aromatic N) is 2. The molecule has 0 aliphatic heterocycles. The summed E-state index contributed by atoms with van der Waals surface area (Å²) >= 11 is 0. The van der Waals surface area contributed by atoms with Crippen LogP contribution in [0.1, 0.15) is 20.8 Å². The first kappa shape index (κ1) is 8.90. The molecule has 0 heterocycles. The van der Waals surface area contributed by atoms with Crippen molar-refractivity contribution in [1.82, 2.24) is 0 Å². The maximum Gasteiger partial charge on any atom is 0.299 e. The number of hydrogen-bond acceptors (Lipinski definition) is 0. The Morgan fingerprint density at radius 3 is 2.40 bits per heavy atom. The van der Waals surface area contributed by atoms with Crippen molar-refractivity contribution in [3.8, 4) is 0 Å². The first-order chi connectivity index (χ1) is 4.56. The van der Waals surface area contributed by atoms with Gasteiger partial charge in [0.2, 0.25) is 0 Å². The van der Waals surface area contributed by atoms with E-state index in [1.54, 1.807) is 12.2 Å². The van der Waals surface area contributed by atoms with Crippen molar-refractivity contribution in [2.75, 3.05) is 0 Å². The monoisotopic (exact) mass is 136 g/mol. The van der Waals surface area contributed by atoms with Gasteiger partial charge in [-0.25, -0.2) is 0 Å². The summed E-state index contributed by atoms with van der Waals surface area (Å²) in [4.78, 5) is 2.70. The fourth-order valence-electron chi connectivity index (χ4n) is 0.413. The normalized spacial score (nSPS) is 10.7. The largest absolute Gasteiger partial charge is 0.348 e. The molecule has 0 radical (unpaired) electrons. The van der Waals surface area contributed by atoms with Gasteiger partial charge in [-0.2, -0.15) is 0 Å². The lowest BCUT2D eigenvalue weighted by atomic mass is 9.96. The summed E-state index contributed by atoms with van der Waals surface area (Å²) in [6.07, 6.45) is 5.37. The molecule has 2 nitrogen and oxygen atoms in total. The molecule has 0 fully saturated rings. The number of allylic oxidation sites excluding steroid dienone is 3. The first-order valence-electron chi connectivity index (χ1n) is 3.17. The summed E-state index contributed by atoms with van der Waals surface area (Å²) in [5.74, 6) is 2.29. The van der Waals surface area contributed by atoms with Crippen LogP contribution in [0.4, 0.5) is 0 Å². The van der Waals surface area contributed by atoms with Gasteiger partial charge >= 0.3 is 0 Å². The fraction of sp³-hybridized carbons (Fsp3) is 0.500. The SMILES string of the molecule is CC(C)(C)C=CC=C=[N+]=[N-]. The fourth-order valence-corrected chi connectivity index (χ4v) is 0.413. The zero-order chi connectivity index (χ0) is 8.04. The van der Waals surface area contributed by atoms with Crippen LogP contribution in [-0.4, -0.2) is 10.7 Å². The summed E-state index contributed by atoms with van der Waals surface area (Å²) in [5, 5.41) is 0. The second-order valence-electron chi connectivity index (χ2n) is 3.12. The van der Waals surface area contributed by atoms with Gasteiger partial charge in [-0.05, 0) is 5.41 Å². The van der Waals surface area contributed by atoms with E-state index in [0.717, 1.165) is 0 Å². The third-order valence-corrected chi connectivity index (χ3v) is 0.825. The van der Waals surface area contributed by atoms with Gasteiger partial charge in [-0.3, -0.25) is 0 Å². The van der Waals surface area contributed by atoms with Crippen LogP contribution < -0.4 is 0 Å². The van der Waals surface area contributed by atoms with Gasteiger partial charge in [0.1, 0.15) is 0 Å². The molecule has 0 aromatic carbocycles. The molecular weight excluding hydrogens is 124 g/mol. The lowest BCUT2D eigenvalue weighted by Crippen LogP contribution is -1.97. The van der Waals surface area contributed by atoms with Crippen molar-refractivity contribution >= 4 is 5.87 Å². The second-order valence-corrected chi connectivity index (χ2v) is 3.12. The minimum Gasteiger partial charge on any atom is -0.348 e. The molecule has 10 heavy (non-hydrogen) atoms. The van der Waals surface area contributed by atoms with E-state index in [9.17, 15) is 0 Å². The van der Waals surface area contributed by atoms with E-state index in [1.807, 2.05) is 6.08 Å². The van der Waals surface area contributed by atoms with Gasteiger partial charge in [0, 0.05) is 0 Å².